The summed E-state index contributed by atoms with van der Waals surface area (Å²) in [4.78, 5) is 7.64. The van der Waals surface area contributed by atoms with E-state index >= 15 is 0 Å². The fourth-order valence-corrected chi connectivity index (χ4v) is 5.42. The molecule has 1 spiro atoms. The summed E-state index contributed by atoms with van der Waals surface area (Å²) in [6.45, 7) is 5.44. The summed E-state index contributed by atoms with van der Waals surface area (Å²) < 4.78 is 0. The van der Waals surface area contributed by atoms with Crippen LogP contribution in [0.2, 0.25) is 0 Å². The monoisotopic (exact) mass is 308 g/mol. The average Bonchev–Trinajstić information content (AvgIpc) is 3.04. The number of amidine groups is 1. The summed E-state index contributed by atoms with van der Waals surface area (Å²) in [6, 6.07) is 4.46. The Morgan fingerprint density at radius 1 is 1.40 bits per heavy atom. The fourth-order valence-electron chi connectivity index (χ4n) is 3.34. The lowest BCUT2D eigenvalue weighted by molar-refractivity contribution is 0.242. The van der Waals surface area contributed by atoms with Crippen molar-refractivity contribution in [1.82, 2.24) is 5.32 Å². The van der Waals surface area contributed by atoms with Crippen molar-refractivity contribution in [2.75, 3.05) is 5.75 Å². The van der Waals surface area contributed by atoms with Gasteiger partial charge in [-0.3, -0.25) is 4.99 Å². The van der Waals surface area contributed by atoms with Gasteiger partial charge in [-0.25, -0.2) is 0 Å². The molecule has 20 heavy (non-hydrogen) atoms. The molecule has 1 N–H and O–H groups in total. The van der Waals surface area contributed by atoms with Crippen LogP contribution < -0.4 is 5.32 Å². The molecular weight excluding hydrogens is 284 g/mol. The molecule has 2 heterocycles. The highest BCUT2D eigenvalue weighted by atomic mass is 32.2. The largest absolute Gasteiger partial charge is 0.359 e. The molecule has 1 aromatic heterocycles. The van der Waals surface area contributed by atoms with E-state index in [-0.39, 0.29) is 0 Å². The van der Waals surface area contributed by atoms with E-state index < -0.39 is 0 Å². The average molecular weight is 309 g/mol. The molecule has 0 amide bonds. The highest BCUT2D eigenvalue weighted by molar-refractivity contribution is 8.14. The van der Waals surface area contributed by atoms with Crippen molar-refractivity contribution in [1.29, 1.82) is 0 Å². The van der Waals surface area contributed by atoms with Crippen LogP contribution in [0.25, 0.3) is 0 Å². The van der Waals surface area contributed by atoms with Crippen molar-refractivity contribution in [2.24, 2.45) is 10.9 Å². The van der Waals surface area contributed by atoms with E-state index in [1.54, 1.807) is 0 Å². The molecule has 1 aromatic rings. The first-order valence-corrected chi connectivity index (χ1v) is 9.52. The maximum atomic E-state index is 4.79. The van der Waals surface area contributed by atoms with Crippen LogP contribution in [0.4, 0.5) is 0 Å². The molecule has 0 aromatic carbocycles. The number of nitrogens with zero attached hydrogens (tertiary/aromatic N) is 1. The van der Waals surface area contributed by atoms with E-state index in [0.29, 0.717) is 5.54 Å². The first-order valence-electron chi connectivity index (χ1n) is 7.72. The second-order valence-electron chi connectivity index (χ2n) is 6.24. The number of thiophene rings is 1. The maximum Gasteiger partial charge on any atom is 0.157 e. The first kappa shape index (κ1) is 14.5. The van der Waals surface area contributed by atoms with E-state index in [4.69, 9.17) is 4.99 Å². The van der Waals surface area contributed by atoms with Crippen LogP contribution >= 0.6 is 23.1 Å². The molecule has 1 aliphatic carbocycles. The highest BCUT2D eigenvalue weighted by Gasteiger charge is 2.40. The Bertz CT molecular complexity index is 494. The fraction of sp³-hybridized carbons (Fsp3) is 0.688. The molecule has 110 valence electrons. The first-order chi connectivity index (χ1) is 9.69. The maximum absolute atomic E-state index is 4.79. The summed E-state index contributed by atoms with van der Waals surface area (Å²) in [5.41, 5.74) is 0.352. The van der Waals surface area contributed by atoms with Gasteiger partial charge in [-0.05, 0) is 37.3 Å². The number of hydrogen-bond donors (Lipinski definition) is 1. The number of nitrogens with one attached hydrogen (secondary N) is 1. The van der Waals surface area contributed by atoms with Gasteiger partial charge in [0.05, 0.1) is 6.54 Å². The Balaban J connectivity index is 1.60. The van der Waals surface area contributed by atoms with Crippen LogP contribution in [0.15, 0.2) is 17.1 Å². The summed E-state index contributed by atoms with van der Waals surface area (Å²) >= 11 is 3.82. The summed E-state index contributed by atoms with van der Waals surface area (Å²) in [7, 11) is 0. The Morgan fingerprint density at radius 3 is 3.00 bits per heavy atom. The Morgan fingerprint density at radius 2 is 2.25 bits per heavy atom. The standard InChI is InChI=1S/C16H24N2S2/c1-3-13-6-7-14(20-13)10-17-15-18-16(11-19-15)8-4-5-12(2)9-16/h6-7,12H,3-5,8-11H2,1-2H3,(H,17,18). The van der Waals surface area contributed by atoms with E-state index in [9.17, 15) is 0 Å². The van der Waals surface area contributed by atoms with Crippen molar-refractivity contribution in [3.05, 3.63) is 21.9 Å². The number of aryl methyl sites for hydroxylation is 1. The van der Waals surface area contributed by atoms with Gasteiger partial charge in [0.2, 0.25) is 0 Å². The molecule has 0 radical (unpaired) electrons. The van der Waals surface area contributed by atoms with Crippen LogP contribution in [0.5, 0.6) is 0 Å². The molecule has 4 heteroatoms. The van der Waals surface area contributed by atoms with E-state index in [2.05, 4.69) is 31.3 Å². The zero-order valence-corrected chi connectivity index (χ0v) is 14.1. The molecule has 1 saturated heterocycles. The lowest BCUT2D eigenvalue weighted by Crippen LogP contribution is -2.47. The molecule has 0 bridgehead atoms. The van der Waals surface area contributed by atoms with Gasteiger partial charge in [-0.1, -0.05) is 38.5 Å². The van der Waals surface area contributed by atoms with Gasteiger partial charge >= 0.3 is 0 Å². The number of thioether (sulfide) groups is 1. The molecule has 2 atom stereocenters. The molecule has 2 nitrogen and oxygen atoms in total. The van der Waals surface area contributed by atoms with Crippen molar-refractivity contribution in [2.45, 2.75) is 58.0 Å². The third kappa shape index (κ3) is 3.22. The summed E-state index contributed by atoms with van der Waals surface area (Å²) in [5.74, 6) is 2.07. The van der Waals surface area contributed by atoms with Crippen LogP contribution in [0.1, 0.15) is 49.3 Å². The van der Waals surface area contributed by atoms with E-state index in [1.165, 1.54) is 46.4 Å². The molecule has 1 aliphatic heterocycles. The van der Waals surface area contributed by atoms with Gasteiger partial charge in [0, 0.05) is 21.0 Å². The quantitative estimate of drug-likeness (QED) is 0.892. The summed E-state index contributed by atoms with van der Waals surface area (Å²) in [6.07, 6.45) is 6.54. The van der Waals surface area contributed by atoms with Gasteiger partial charge in [0.1, 0.15) is 0 Å². The summed E-state index contributed by atoms with van der Waals surface area (Å²) in [5, 5.41) is 4.92. The zero-order valence-electron chi connectivity index (χ0n) is 12.4. The SMILES string of the molecule is CCc1ccc(CN=C2NC3(CCCC(C)C3)CS2)s1. The normalized spacial score (nSPS) is 31.9. The van der Waals surface area contributed by atoms with Crippen LogP contribution in [0, 0.1) is 5.92 Å². The minimum absolute atomic E-state index is 0.352. The Kier molecular flexibility index (Phi) is 4.41. The topological polar surface area (TPSA) is 24.4 Å². The minimum Gasteiger partial charge on any atom is -0.359 e. The van der Waals surface area contributed by atoms with Crippen molar-refractivity contribution in [3.8, 4) is 0 Å². The van der Waals surface area contributed by atoms with Gasteiger partial charge in [0.25, 0.3) is 0 Å². The van der Waals surface area contributed by atoms with Crippen LogP contribution in [-0.2, 0) is 13.0 Å². The molecule has 2 unspecified atom stereocenters. The lowest BCUT2D eigenvalue weighted by Gasteiger charge is -2.36. The lowest BCUT2D eigenvalue weighted by atomic mass is 9.78. The van der Waals surface area contributed by atoms with Crippen molar-refractivity contribution < 1.29 is 0 Å². The van der Waals surface area contributed by atoms with Crippen LogP contribution in [0.3, 0.4) is 0 Å². The Hall–Kier alpha value is -0.480. The Labute approximate surface area is 130 Å². The zero-order chi connectivity index (χ0) is 14.0. The smallest absolute Gasteiger partial charge is 0.157 e. The van der Waals surface area contributed by atoms with Gasteiger partial charge < -0.3 is 5.32 Å². The third-order valence-electron chi connectivity index (χ3n) is 4.39. The van der Waals surface area contributed by atoms with E-state index in [0.717, 1.165) is 18.9 Å². The second-order valence-corrected chi connectivity index (χ2v) is 8.46. The van der Waals surface area contributed by atoms with Gasteiger partial charge in [-0.2, -0.15) is 0 Å². The molecular formula is C16H24N2S2. The predicted octanol–water partition coefficient (Wildman–Crippen LogP) is 4.45. The minimum atomic E-state index is 0.352. The van der Waals surface area contributed by atoms with Gasteiger partial charge in [-0.15, -0.1) is 11.3 Å². The van der Waals surface area contributed by atoms with Crippen LogP contribution in [-0.4, -0.2) is 16.5 Å². The van der Waals surface area contributed by atoms with Gasteiger partial charge in [0.15, 0.2) is 5.17 Å². The molecule has 2 aliphatic rings. The second kappa shape index (κ2) is 6.10. The predicted molar refractivity (Wildman–Crippen MR) is 90.8 cm³/mol. The van der Waals surface area contributed by atoms with E-state index in [1.807, 2.05) is 23.1 Å². The van der Waals surface area contributed by atoms with Crippen molar-refractivity contribution in [3.63, 3.8) is 0 Å². The number of hydrogen-bond acceptors (Lipinski definition) is 3. The molecule has 2 fully saturated rings. The molecule has 1 saturated carbocycles. The van der Waals surface area contributed by atoms with Crippen molar-refractivity contribution >= 4 is 28.3 Å². The number of aliphatic imine (C=N–C) groups is 1. The number of rotatable bonds is 3. The molecule has 3 rings (SSSR count). The highest BCUT2D eigenvalue weighted by Crippen LogP contribution is 2.38. The third-order valence-corrected chi connectivity index (χ3v) is 6.81.